The fourth-order valence-electron chi connectivity index (χ4n) is 3.11. The van der Waals surface area contributed by atoms with Gasteiger partial charge < -0.3 is 14.7 Å². The molecule has 2 aliphatic heterocycles. The van der Waals surface area contributed by atoms with Gasteiger partial charge in [0.05, 0.1) is 17.1 Å². The first kappa shape index (κ1) is 19.5. The monoisotopic (exact) mass is 398 g/mol. The minimum absolute atomic E-state index is 0.108. The molecule has 1 fully saturated rings. The number of nitrogens with zero attached hydrogens (tertiary/aromatic N) is 4. The number of rotatable bonds is 4. The van der Waals surface area contributed by atoms with Crippen molar-refractivity contribution in [3.63, 3.8) is 0 Å². The lowest BCUT2D eigenvalue weighted by Gasteiger charge is -2.36. The molecule has 1 aromatic rings. The predicted octanol–water partition coefficient (Wildman–Crippen LogP) is 0.623. The highest BCUT2D eigenvalue weighted by Gasteiger charge is 2.26. The zero-order chi connectivity index (χ0) is 18.9. The Morgan fingerprint density at radius 2 is 1.85 bits per heavy atom. The number of hydrogen-bond acceptors (Lipinski definition) is 6. The molecule has 9 heteroatoms. The molecule has 0 bridgehead atoms. The number of sulfonamides is 1. The molecule has 1 saturated heterocycles. The lowest BCUT2D eigenvalue weighted by Crippen LogP contribution is -2.50. The van der Waals surface area contributed by atoms with Gasteiger partial charge in [-0.1, -0.05) is 0 Å². The molecule has 0 N–H and O–H groups in total. The van der Waals surface area contributed by atoms with E-state index in [0.29, 0.717) is 6.54 Å². The van der Waals surface area contributed by atoms with Gasteiger partial charge >= 0.3 is 0 Å². The fraction of sp³-hybridized carbons (Fsp3) is 0.588. The third-order valence-corrected chi connectivity index (χ3v) is 7.70. The van der Waals surface area contributed by atoms with Gasteiger partial charge in [-0.2, -0.15) is 0 Å². The van der Waals surface area contributed by atoms with Crippen LogP contribution in [0.5, 0.6) is 0 Å². The number of likely N-dealkylation sites (N-methyl/N-ethyl adjacent to an activating group) is 1. The van der Waals surface area contributed by atoms with Crippen molar-refractivity contribution in [3.8, 4) is 0 Å². The highest BCUT2D eigenvalue weighted by molar-refractivity contribution is 7.99. The summed E-state index contributed by atoms with van der Waals surface area (Å²) in [5.74, 6) is 1.000. The van der Waals surface area contributed by atoms with Crippen LogP contribution in [-0.2, 0) is 14.8 Å². The number of thioether (sulfide) groups is 1. The lowest BCUT2D eigenvalue weighted by atomic mass is 10.2. The van der Waals surface area contributed by atoms with Crippen molar-refractivity contribution in [1.82, 2.24) is 14.1 Å². The Hall–Kier alpha value is -1.29. The van der Waals surface area contributed by atoms with Gasteiger partial charge in [0.15, 0.2) is 0 Å². The minimum atomic E-state index is -3.49. The molecule has 2 heterocycles. The highest BCUT2D eigenvalue weighted by Crippen LogP contribution is 2.36. The number of anilines is 1. The third kappa shape index (κ3) is 4.00. The molecule has 0 aliphatic carbocycles. The number of piperazine rings is 1. The summed E-state index contributed by atoms with van der Waals surface area (Å²) in [6, 6.07) is 5.20. The van der Waals surface area contributed by atoms with Crippen molar-refractivity contribution in [2.75, 3.05) is 71.1 Å². The third-order valence-electron chi connectivity index (χ3n) is 4.85. The highest BCUT2D eigenvalue weighted by atomic mass is 32.2. The van der Waals surface area contributed by atoms with Crippen molar-refractivity contribution < 1.29 is 13.2 Å². The molecule has 0 unspecified atom stereocenters. The first-order chi connectivity index (χ1) is 12.3. The van der Waals surface area contributed by atoms with E-state index in [1.54, 1.807) is 23.9 Å². The summed E-state index contributed by atoms with van der Waals surface area (Å²) in [7, 11) is 1.62. The average Bonchev–Trinajstić information content (AvgIpc) is 2.62. The van der Waals surface area contributed by atoms with Crippen molar-refractivity contribution in [2.24, 2.45) is 0 Å². The van der Waals surface area contributed by atoms with Crippen LogP contribution < -0.4 is 4.90 Å². The average molecular weight is 399 g/mol. The summed E-state index contributed by atoms with van der Waals surface area (Å²) in [4.78, 5) is 20.1. The number of benzene rings is 1. The molecule has 0 spiro atoms. The van der Waals surface area contributed by atoms with Crippen molar-refractivity contribution in [2.45, 2.75) is 9.79 Å². The van der Waals surface area contributed by atoms with E-state index in [1.807, 2.05) is 15.9 Å². The van der Waals surface area contributed by atoms with Gasteiger partial charge in [0.1, 0.15) is 0 Å². The summed E-state index contributed by atoms with van der Waals surface area (Å²) in [5, 5.41) is 0. The second kappa shape index (κ2) is 7.75. The van der Waals surface area contributed by atoms with Crippen molar-refractivity contribution in [1.29, 1.82) is 0 Å². The van der Waals surface area contributed by atoms with Crippen LogP contribution >= 0.6 is 11.8 Å². The zero-order valence-electron chi connectivity index (χ0n) is 15.5. The Balaban J connectivity index is 1.80. The van der Waals surface area contributed by atoms with Crippen LogP contribution in [0.4, 0.5) is 5.69 Å². The number of fused-ring (bicyclic) bond motifs is 1. The molecule has 144 valence electrons. The number of hydrogen-bond donors (Lipinski definition) is 0. The second-order valence-corrected chi connectivity index (χ2v) is 10.2. The van der Waals surface area contributed by atoms with Crippen LogP contribution in [0.25, 0.3) is 0 Å². The zero-order valence-corrected chi connectivity index (χ0v) is 17.1. The molecule has 0 saturated carbocycles. The first-order valence-corrected chi connectivity index (χ1v) is 11.1. The van der Waals surface area contributed by atoms with E-state index in [0.717, 1.165) is 49.1 Å². The number of amides is 1. The summed E-state index contributed by atoms with van der Waals surface area (Å²) in [6.07, 6.45) is 0. The quantitative estimate of drug-likeness (QED) is 0.741. The predicted molar refractivity (Wildman–Crippen MR) is 104 cm³/mol. The van der Waals surface area contributed by atoms with E-state index in [2.05, 4.69) is 11.9 Å². The smallest absolute Gasteiger partial charge is 0.242 e. The summed E-state index contributed by atoms with van der Waals surface area (Å²) < 4.78 is 26.1. The largest absolute Gasteiger partial charge is 0.360 e. The molecular formula is C17H26N4O3S2. The van der Waals surface area contributed by atoms with E-state index in [4.69, 9.17) is 0 Å². The van der Waals surface area contributed by atoms with Gasteiger partial charge in [-0.15, -0.1) is 11.8 Å². The van der Waals surface area contributed by atoms with Gasteiger partial charge in [0.2, 0.25) is 15.9 Å². The Bertz CT molecular complexity index is 774. The molecule has 3 rings (SSSR count). The van der Waals surface area contributed by atoms with E-state index in [1.165, 1.54) is 18.4 Å². The lowest BCUT2D eigenvalue weighted by molar-refractivity contribution is -0.131. The first-order valence-electron chi connectivity index (χ1n) is 8.69. The number of carbonyl (C=O) groups is 1. The number of carbonyl (C=O) groups excluding carboxylic acids is 1. The van der Waals surface area contributed by atoms with E-state index >= 15 is 0 Å². The minimum Gasteiger partial charge on any atom is -0.360 e. The SMILES string of the molecule is CN1CCN(C(=O)CN2CCSc3ccc(S(=O)(=O)N(C)C)cc32)CC1. The Kier molecular flexibility index (Phi) is 5.81. The summed E-state index contributed by atoms with van der Waals surface area (Å²) in [5.41, 5.74) is 0.839. The van der Waals surface area contributed by atoms with Crippen LogP contribution in [0.2, 0.25) is 0 Å². The topological polar surface area (TPSA) is 64.2 Å². The van der Waals surface area contributed by atoms with Crippen LogP contribution in [-0.4, -0.2) is 94.6 Å². The molecular weight excluding hydrogens is 372 g/mol. The maximum Gasteiger partial charge on any atom is 0.242 e. The Morgan fingerprint density at radius 3 is 2.50 bits per heavy atom. The molecule has 26 heavy (non-hydrogen) atoms. The van der Waals surface area contributed by atoms with Gasteiger partial charge in [0.25, 0.3) is 0 Å². The normalized spacial score (nSPS) is 18.9. The molecule has 0 radical (unpaired) electrons. The summed E-state index contributed by atoms with van der Waals surface area (Å²) in [6.45, 7) is 4.32. The molecule has 1 aromatic carbocycles. The molecule has 1 amide bonds. The molecule has 2 aliphatic rings. The van der Waals surface area contributed by atoms with Crippen LogP contribution in [0, 0.1) is 0 Å². The van der Waals surface area contributed by atoms with E-state index < -0.39 is 10.0 Å². The van der Waals surface area contributed by atoms with E-state index in [9.17, 15) is 13.2 Å². The van der Waals surface area contributed by atoms with Gasteiger partial charge in [-0.3, -0.25) is 4.79 Å². The maximum absolute atomic E-state index is 12.7. The van der Waals surface area contributed by atoms with E-state index in [-0.39, 0.29) is 10.8 Å². The molecule has 7 nitrogen and oxygen atoms in total. The standard InChI is InChI=1S/C17H26N4O3S2/c1-18(2)26(23,24)14-4-5-16-15(12-14)21(10-11-25-16)13-17(22)20-8-6-19(3)7-9-20/h4-5,12H,6-11,13H2,1-3H3. The fourth-order valence-corrected chi connectivity index (χ4v) is 5.06. The van der Waals surface area contributed by atoms with Crippen LogP contribution in [0.3, 0.4) is 0 Å². The molecule has 0 aromatic heterocycles. The van der Waals surface area contributed by atoms with Gasteiger partial charge in [-0.05, 0) is 25.2 Å². The Morgan fingerprint density at radius 1 is 1.15 bits per heavy atom. The van der Waals surface area contributed by atoms with Crippen molar-refractivity contribution >= 4 is 33.4 Å². The van der Waals surface area contributed by atoms with Gasteiger partial charge in [-0.25, -0.2) is 12.7 Å². The molecule has 0 atom stereocenters. The van der Waals surface area contributed by atoms with Crippen LogP contribution in [0.15, 0.2) is 28.0 Å². The maximum atomic E-state index is 12.7. The van der Waals surface area contributed by atoms with Crippen LogP contribution in [0.1, 0.15) is 0 Å². The van der Waals surface area contributed by atoms with Gasteiger partial charge in [0, 0.05) is 57.5 Å². The Labute approximate surface area is 160 Å². The second-order valence-electron chi connectivity index (χ2n) is 6.87. The van der Waals surface area contributed by atoms with Crippen molar-refractivity contribution in [3.05, 3.63) is 18.2 Å². The summed E-state index contributed by atoms with van der Waals surface area (Å²) >= 11 is 1.70.